The van der Waals surface area contributed by atoms with Gasteiger partial charge in [0, 0.05) is 18.5 Å². The molecule has 0 aliphatic heterocycles. The van der Waals surface area contributed by atoms with E-state index >= 15 is 0 Å². The first-order valence-corrected chi connectivity index (χ1v) is 5.63. The Morgan fingerprint density at radius 3 is 2.47 bits per heavy atom. The third-order valence-corrected chi connectivity index (χ3v) is 2.43. The lowest BCUT2D eigenvalue weighted by Crippen LogP contribution is -2.21. The second-order valence-corrected chi connectivity index (χ2v) is 4.92. The van der Waals surface area contributed by atoms with Gasteiger partial charge in [-0.15, -0.1) is 5.10 Å². The minimum atomic E-state index is 0.0615. The predicted octanol–water partition coefficient (Wildman–Crippen LogP) is 1.83. The summed E-state index contributed by atoms with van der Waals surface area (Å²) in [6.07, 6.45) is 2.30. The summed E-state index contributed by atoms with van der Waals surface area (Å²) in [5.41, 5.74) is 7.84. The number of nitrogens with zero attached hydrogens (tertiary/aromatic N) is 3. The lowest BCUT2D eigenvalue weighted by atomic mass is 9.90. The van der Waals surface area contributed by atoms with Gasteiger partial charge in [-0.05, 0) is 6.42 Å². The van der Waals surface area contributed by atoms with E-state index in [1.165, 1.54) is 12.1 Å². The summed E-state index contributed by atoms with van der Waals surface area (Å²) in [6.45, 7) is 10.1. The Hall–Kier alpha value is -0.900. The maximum absolute atomic E-state index is 5.67. The Balaban J connectivity index is 3.01. The molecule has 0 bridgehead atoms. The number of aromatic nitrogens is 3. The highest BCUT2D eigenvalue weighted by atomic mass is 15.4. The second-order valence-electron chi connectivity index (χ2n) is 4.92. The molecule has 0 saturated heterocycles. The summed E-state index contributed by atoms with van der Waals surface area (Å²) in [6, 6.07) is 0. The monoisotopic (exact) mass is 210 g/mol. The summed E-state index contributed by atoms with van der Waals surface area (Å²) in [4.78, 5) is 0. The number of unbranched alkanes of at least 4 members (excludes halogenated alkanes) is 1. The fraction of sp³-hybridized carbons (Fsp3) is 0.818. The van der Waals surface area contributed by atoms with Gasteiger partial charge in [0.1, 0.15) is 0 Å². The Morgan fingerprint density at radius 1 is 1.33 bits per heavy atom. The Bertz CT molecular complexity index is 309. The smallest absolute Gasteiger partial charge is 0.1000 e. The van der Waals surface area contributed by atoms with Crippen molar-refractivity contribution in [2.24, 2.45) is 5.73 Å². The van der Waals surface area contributed by atoms with E-state index in [0.29, 0.717) is 6.54 Å². The maximum Gasteiger partial charge on any atom is 0.1000 e. The molecule has 4 heteroatoms. The highest BCUT2D eigenvalue weighted by Crippen LogP contribution is 2.24. The predicted molar refractivity (Wildman–Crippen MR) is 61.5 cm³/mol. The summed E-state index contributed by atoms with van der Waals surface area (Å²) in [7, 11) is 0. The molecule has 1 rings (SSSR count). The lowest BCUT2D eigenvalue weighted by molar-refractivity contribution is 0.465. The molecule has 15 heavy (non-hydrogen) atoms. The van der Waals surface area contributed by atoms with Gasteiger partial charge >= 0.3 is 0 Å². The molecule has 0 unspecified atom stereocenters. The zero-order chi connectivity index (χ0) is 11.5. The van der Waals surface area contributed by atoms with Gasteiger partial charge < -0.3 is 5.73 Å². The van der Waals surface area contributed by atoms with Crippen molar-refractivity contribution in [1.29, 1.82) is 0 Å². The largest absolute Gasteiger partial charge is 0.325 e. The first-order valence-electron chi connectivity index (χ1n) is 5.63. The standard InChI is InChI=1S/C11H22N4/c1-5-6-7-15-10(11(2,3)4)9(8-12)13-14-15/h5-8,12H2,1-4H3. The van der Waals surface area contributed by atoms with Crippen LogP contribution in [0.1, 0.15) is 51.9 Å². The van der Waals surface area contributed by atoms with Gasteiger partial charge in [-0.3, -0.25) is 0 Å². The first kappa shape index (κ1) is 12.2. The highest BCUT2D eigenvalue weighted by Gasteiger charge is 2.24. The third kappa shape index (κ3) is 2.78. The molecule has 2 N–H and O–H groups in total. The molecular weight excluding hydrogens is 188 g/mol. The van der Waals surface area contributed by atoms with Crippen LogP contribution >= 0.6 is 0 Å². The molecular formula is C11H22N4. The van der Waals surface area contributed by atoms with E-state index in [1.54, 1.807) is 0 Å². The van der Waals surface area contributed by atoms with Crippen LogP contribution < -0.4 is 5.73 Å². The van der Waals surface area contributed by atoms with Crippen LogP contribution in [0, 0.1) is 0 Å². The van der Waals surface area contributed by atoms with Crippen molar-refractivity contribution in [2.45, 2.75) is 59.0 Å². The molecule has 0 fully saturated rings. The molecule has 0 aliphatic carbocycles. The van der Waals surface area contributed by atoms with Crippen LogP contribution in [0.3, 0.4) is 0 Å². The van der Waals surface area contributed by atoms with Crippen molar-refractivity contribution in [1.82, 2.24) is 15.0 Å². The minimum absolute atomic E-state index is 0.0615. The zero-order valence-corrected chi connectivity index (χ0v) is 10.2. The van der Waals surface area contributed by atoms with Crippen LogP contribution in [0.2, 0.25) is 0 Å². The summed E-state index contributed by atoms with van der Waals surface area (Å²) >= 11 is 0. The van der Waals surface area contributed by atoms with E-state index in [9.17, 15) is 0 Å². The van der Waals surface area contributed by atoms with Crippen LogP contribution in [0.5, 0.6) is 0 Å². The topological polar surface area (TPSA) is 56.7 Å². The molecule has 1 aromatic heterocycles. The Labute approximate surface area is 91.9 Å². The molecule has 0 aromatic carbocycles. The number of rotatable bonds is 4. The maximum atomic E-state index is 5.67. The van der Waals surface area contributed by atoms with Gasteiger partial charge in [0.25, 0.3) is 0 Å². The van der Waals surface area contributed by atoms with Gasteiger partial charge in [0.2, 0.25) is 0 Å². The molecule has 0 atom stereocenters. The lowest BCUT2D eigenvalue weighted by Gasteiger charge is -2.20. The third-order valence-electron chi connectivity index (χ3n) is 2.43. The normalized spacial score (nSPS) is 12.1. The number of nitrogens with two attached hydrogens (primary N) is 1. The van der Waals surface area contributed by atoms with Gasteiger partial charge in [-0.2, -0.15) is 0 Å². The van der Waals surface area contributed by atoms with Crippen LogP contribution in [-0.2, 0) is 18.5 Å². The van der Waals surface area contributed by atoms with Gasteiger partial charge in [-0.25, -0.2) is 4.68 Å². The summed E-state index contributed by atoms with van der Waals surface area (Å²) < 4.78 is 2.01. The Kier molecular flexibility index (Phi) is 3.85. The highest BCUT2D eigenvalue weighted by molar-refractivity contribution is 5.18. The molecule has 86 valence electrons. The fourth-order valence-electron chi connectivity index (χ4n) is 1.77. The molecule has 1 aromatic rings. The van der Waals surface area contributed by atoms with Crippen LogP contribution in [0.4, 0.5) is 0 Å². The van der Waals surface area contributed by atoms with E-state index in [1.807, 2.05) is 4.68 Å². The summed E-state index contributed by atoms with van der Waals surface area (Å²) in [5, 5.41) is 8.32. The van der Waals surface area contributed by atoms with Crippen molar-refractivity contribution >= 4 is 0 Å². The van der Waals surface area contributed by atoms with E-state index in [0.717, 1.165) is 18.7 Å². The van der Waals surface area contributed by atoms with Gasteiger partial charge in [0.05, 0.1) is 11.4 Å². The zero-order valence-electron chi connectivity index (χ0n) is 10.2. The number of aryl methyl sites for hydroxylation is 1. The van der Waals surface area contributed by atoms with E-state index in [-0.39, 0.29) is 5.41 Å². The van der Waals surface area contributed by atoms with Crippen LogP contribution in [0.25, 0.3) is 0 Å². The first-order chi connectivity index (χ1) is 7.00. The molecule has 4 nitrogen and oxygen atoms in total. The molecule has 0 amide bonds. The van der Waals surface area contributed by atoms with Crippen LogP contribution in [0.15, 0.2) is 0 Å². The van der Waals surface area contributed by atoms with Gasteiger partial charge in [-0.1, -0.05) is 39.3 Å². The second kappa shape index (κ2) is 4.75. The van der Waals surface area contributed by atoms with E-state index in [2.05, 4.69) is 38.0 Å². The Morgan fingerprint density at radius 2 is 2.00 bits per heavy atom. The van der Waals surface area contributed by atoms with Crippen molar-refractivity contribution in [3.8, 4) is 0 Å². The van der Waals surface area contributed by atoms with Crippen molar-refractivity contribution < 1.29 is 0 Å². The van der Waals surface area contributed by atoms with Crippen molar-refractivity contribution in [3.63, 3.8) is 0 Å². The van der Waals surface area contributed by atoms with Crippen LogP contribution in [-0.4, -0.2) is 15.0 Å². The number of hydrogen-bond acceptors (Lipinski definition) is 3. The molecule has 1 heterocycles. The molecule has 0 aliphatic rings. The van der Waals surface area contributed by atoms with E-state index < -0.39 is 0 Å². The van der Waals surface area contributed by atoms with Crippen molar-refractivity contribution in [3.05, 3.63) is 11.4 Å². The van der Waals surface area contributed by atoms with Gasteiger partial charge in [0.15, 0.2) is 0 Å². The quantitative estimate of drug-likeness (QED) is 0.825. The molecule has 0 saturated carbocycles. The van der Waals surface area contributed by atoms with E-state index in [4.69, 9.17) is 5.73 Å². The molecule has 0 radical (unpaired) electrons. The number of hydrogen-bond donors (Lipinski definition) is 1. The summed E-state index contributed by atoms with van der Waals surface area (Å²) in [5.74, 6) is 0. The minimum Gasteiger partial charge on any atom is -0.325 e. The SMILES string of the molecule is CCCCn1nnc(CN)c1C(C)(C)C. The van der Waals surface area contributed by atoms with Crippen molar-refractivity contribution in [2.75, 3.05) is 0 Å². The molecule has 0 spiro atoms. The fourth-order valence-corrected chi connectivity index (χ4v) is 1.77. The average Bonchev–Trinajstić information content (AvgIpc) is 2.56. The average molecular weight is 210 g/mol.